The van der Waals surface area contributed by atoms with Gasteiger partial charge < -0.3 is 14.8 Å². The van der Waals surface area contributed by atoms with Crippen molar-refractivity contribution in [3.8, 4) is 0 Å². The van der Waals surface area contributed by atoms with Gasteiger partial charge in [-0.15, -0.1) is 0 Å². The molecular formula is C28H48N4O2. The smallest absolute Gasteiger partial charge is 0.288 e. The van der Waals surface area contributed by atoms with Crippen LogP contribution in [0.2, 0.25) is 0 Å². The molecule has 1 saturated heterocycles. The minimum absolute atomic E-state index is 0.335. The number of methoxy groups -OCH3 is 1. The summed E-state index contributed by atoms with van der Waals surface area (Å²) in [7, 11) is 5.60. The highest BCUT2D eigenvalue weighted by Crippen LogP contribution is 2.23. The van der Waals surface area contributed by atoms with Crippen LogP contribution in [0, 0.1) is 0 Å². The third-order valence-corrected chi connectivity index (χ3v) is 5.50. The van der Waals surface area contributed by atoms with Gasteiger partial charge in [-0.3, -0.25) is 9.89 Å². The van der Waals surface area contributed by atoms with Crippen molar-refractivity contribution in [2.24, 2.45) is 9.98 Å². The first-order valence-electron chi connectivity index (χ1n) is 12.1. The lowest BCUT2D eigenvalue weighted by Gasteiger charge is -2.25. The molecule has 0 spiro atoms. The van der Waals surface area contributed by atoms with E-state index in [0.717, 1.165) is 53.1 Å². The molecule has 6 heteroatoms. The maximum Gasteiger partial charge on any atom is 0.288 e. The van der Waals surface area contributed by atoms with Crippen molar-refractivity contribution in [1.29, 1.82) is 0 Å². The summed E-state index contributed by atoms with van der Waals surface area (Å²) in [4.78, 5) is 11.2. The number of amidine groups is 1. The van der Waals surface area contributed by atoms with E-state index in [0.29, 0.717) is 24.7 Å². The molecule has 34 heavy (non-hydrogen) atoms. The number of allylic oxidation sites excluding steroid dienone is 6. The fraction of sp³-hybridized carbons (Fsp3) is 0.571. The van der Waals surface area contributed by atoms with Gasteiger partial charge in [-0.05, 0) is 71.7 Å². The molecule has 1 N–H and O–H groups in total. The van der Waals surface area contributed by atoms with Crippen LogP contribution in [0.15, 0.2) is 69.5 Å². The molecule has 1 fully saturated rings. The van der Waals surface area contributed by atoms with Gasteiger partial charge in [0.15, 0.2) is 0 Å². The largest absolute Gasteiger partial charge is 0.463 e. The van der Waals surface area contributed by atoms with Crippen molar-refractivity contribution < 1.29 is 9.47 Å². The van der Waals surface area contributed by atoms with Crippen molar-refractivity contribution >= 4 is 11.7 Å². The maximum absolute atomic E-state index is 6.07. The minimum atomic E-state index is 0.335. The van der Waals surface area contributed by atoms with E-state index in [1.54, 1.807) is 20.4 Å². The molecule has 1 aliphatic rings. The first-order chi connectivity index (χ1) is 16.2. The number of aliphatic imine (C=N–C) groups is 2. The third-order valence-electron chi connectivity index (χ3n) is 5.50. The summed E-state index contributed by atoms with van der Waals surface area (Å²) in [6.07, 6.45) is 7.92. The Kier molecular flexibility index (Phi) is 15.8. The van der Waals surface area contributed by atoms with E-state index in [1.807, 2.05) is 46.8 Å². The number of ether oxygens (including phenoxy) is 2. The molecule has 0 aromatic heterocycles. The number of likely N-dealkylation sites (N-methyl/N-ethyl adjacent to an activating group) is 1. The van der Waals surface area contributed by atoms with Crippen molar-refractivity contribution in [1.82, 2.24) is 10.2 Å². The topological polar surface area (TPSA) is 58.5 Å². The molecule has 1 heterocycles. The van der Waals surface area contributed by atoms with Crippen LogP contribution in [-0.2, 0) is 9.47 Å². The zero-order chi connectivity index (χ0) is 26.3. The molecule has 2 unspecified atom stereocenters. The van der Waals surface area contributed by atoms with Gasteiger partial charge in [0.25, 0.3) is 6.02 Å². The third kappa shape index (κ3) is 10.2. The fourth-order valence-corrected chi connectivity index (χ4v) is 3.55. The van der Waals surface area contributed by atoms with Crippen LogP contribution in [0.25, 0.3) is 0 Å². The first kappa shape index (κ1) is 31.6. The number of nitrogens with zero attached hydrogens (tertiary/aromatic N) is 3. The lowest BCUT2D eigenvalue weighted by molar-refractivity contribution is 0.0966. The normalized spacial score (nSPS) is 19.5. The van der Waals surface area contributed by atoms with Gasteiger partial charge in [0, 0.05) is 43.7 Å². The zero-order valence-electron chi connectivity index (χ0n) is 23.3. The van der Waals surface area contributed by atoms with Gasteiger partial charge in [0.2, 0.25) is 0 Å². The molecular weight excluding hydrogens is 424 g/mol. The van der Waals surface area contributed by atoms with Crippen LogP contribution >= 0.6 is 0 Å². The van der Waals surface area contributed by atoms with E-state index >= 15 is 0 Å². The molecule has 0 radical (unpaired) electrons. The van der Waals surface area contributed by atoms with Crippen LogP contribution in [0.4, 0.5) is 0 Å². The summed E-state index contributed by atoms with van der Waals surface area (Å²) in [6, 6.07) is 1.24. The Morgan fingerprint density at radius 1 is 1.06 bits per heavy atom. The van der Waals surface area contributed by atoms with Crippen LogP contribution in [-0.4, -0.2) is 63.1 Å². The maximum atomic E-state index is 6.07. The van der Waals surface area contributed by atoms with Crippen LogP contribution in [0.1, 0.15) is 61.3 Å². The van der Waals surface area contributed by atoms with Gasteiger partial charge in [0.05, 0.1) is 12.3 Å². The van der Waals surface area contributed by atoms with Crippen LogP contribution < -0.4 is 5.32 Å². The monoisotopic (exact) mass is 472 g/mol. The molecule has 0 saturated carbocycles. The van der Waals surface area contributed by atoms with Gasteiger partial charge in [0.1, 0.15) is 6.61 Å². The molecule has 6 nitrogen and oxygen atoms in total. The highest BCUT2D eigenvalue weighted by molar-refractivity contribution is 6.14. The van der Waals surface area contributed by atoms with Crippen LogP contribution in [0.5, 0.6) is 0 Å². The molecule has 2 atom stereocenters. The Labute approximate surface area is 208 Å². The first-order valence-corrected chi connectivity index (χ1v) is 12.1. The molecule has 0 amide bonds. The summed E-state index contributed by atoms with van der Waals surface area (Å²) in [5, 5.41) is 3.32. The van der Waals surface area contributed by atoms with Gasteiger partial charge in [-0.25, -0.2) is 4.99 Å². The quantitative estimate of drug-likeness (QED) is 0.238. The standard InChI is InChI=1S/C26H42N4O2.C2H6/c1-11-14-28-25(20(6)7)23(18(2)3)15-24(19(4)5)29-26(27-8)32-17-22-13-12-21(16-31-10)30(22)9;1-2/h11,14-15,21-22H,4,6,12-13,16-17H2,1-3,5,7-10H3,(H,27,29);1-2H3/b14-11-,24-15+,28-25?;. The predicted octanol–water partition coefficient (Wildman–Crippen LogP) is 6.06. The van der Waals surface area contributed by atoms with Crippen molar-refractivity contribution in [3.63, 3.8) is 0 Å². The Hall–Kier alpha value is -2.44. The molecule has 0 aromatic rings. The molecule has 1 rings (SSSR count). The SMILES string of the molecule is C=C(C)C(=N/C=C\C)C(/C=C(/NC(=NC)OCC1CCC(COC)N1C)C(=C)C)=C(C)C.CC. The Balaban J connectivity index is 0.00000529. The summed E-state index contributed by atoms with van der Waals surface area (Å²) < 4.78 is 11.4. The van der Waals surface area contributed by atoms with Gasteiger partial charge >= 0.3 is 0 Å². The lowest BCUT2D eigenvalue weighted by atomic mass is 9.98. The predicted molar refractivity (Wildman–Crippen MR) is 149 cm³/mol. The number of hydrogen-bond donors (Lipinski definition) is 1. The summed E-state index contributed by atoms with van der Waals surface area (Å²) in [6.45, 7) is 23.5. The molecule has 1 aliphatic heterocycles. The molecule has 0 aromatic carbocycles. The van der Waals surface area contributed by atoms with E-state index < -0.39 is 0 Å². The van der Waals surface area contributed by atoms with Crippen LogP contribution in [0.3, 0.4) is 0 Å². The summed E-state index contributed by atoms with van der Waals surface area (Å²) in [5.41, 5.74) is 5.56. The second-order valence-corrected chi connectivity index (χ2v) is 8.46. The van der Waals surface area contributed by atoms with E-state index in [1.165, 1.54) is 0 Å². The molecule has 192 valence electrons. The lowest BCUT2D eigenvalue weighted by Crippen LogP contribution is -2.39. The number of hydrogen-bond acceptors (Lipinski definition) is 5. The van der Waals surface area contributed by atoms with Crippen molar-refractivity contribution in [2.75, 3.05) is 34.4 Å². The van der Waals surface area contributed by atoms with E-state index in [9.17, 15) is 0 Å². The minimum Gasteiger partial charge on any atom is -0.463 e. The number of nitrogens with one attached hydrogen (secondary N) is 1. The highest BCUT2D eigenvalue weighted by atomic mass is 16.5. The second-order valence-electron chi connectivity index (χ2n) is 8.46. The van der Waals surface area contributed by atoms with Crippen molar-refractivity contribution in [3.05, 3.63) is 59.5 Å². The summed E-state index contributed by atoms with van der Waals surface area (Å²) in [5.74, 6) is 0. The van der Waals surface area contributed by atoms with E-state index in [-0.39, 0.29) is 0 Å². The average molecular weight is 473 g/mol. The molecule has 0 bridgehead atoms. The van der Waals surface area contributed by atoms with Gasteiger partial charge in [-0.1, -0.05) is 38.7 Å². The number of rotatable bonds is 10. The summed E-state index contributed by atoms with van der Waals surface area (Å²) >= 11 is 0. The van der Waals surface area contributed by atoms with E-state index in [4.69, 9.17) is 9.47 Å². The molecule has 0 aliphatic carbocycles. The van der Waals surface area contributed by atoms with Gasteiger partial charge in [-0.2, -0.15) is 0 Å². The zero-order valence-corrected chi connectivity index (χ0v) is 23.3. The van der Waals surface area contributed by atoms with Crippen molar-refractivity contribution in [2.45, 2.75) is 73.4 Å². The fourth-order valence-electron chi connectivity index (χ4n) is 3.55. The highest BCUT2D eigenvalue weighted by Gasteiger charge is 2.30. The number of likely N-dealkylation sites (tertiary alicyclic amines) is 1. The Morgan fingerprint density at radius 3 is 2.09 bits per heavy atom. The Bertz CT molecular complexity index is 814. The second kappa shape index (κ2) is 17.1. The van der Waals surface area contributed by atoms with E-state index in [2.05, 4.69) is 54.3 Å². The average Bonchev–Trinajstić information content (AvgIpc) is 3.15. The Morgan fingerprint density at radius 2 is 1.65 bits per heavy atom.